The van der Waals surface area contributed by atoms with Crippen molar-refractivity contribution in [3.63, 3.8) is 0 Å². The lowest BCUT2D eigenvalue weighted by Gasteiger charge is -2.49. The number of hydrazine groups is 1. The third-order valence-corrected chi connectivity index (χ3v) is 4.43. The third-order valence-electron chi connectivity index (χ3n) is 4.43. The number of nitrogens with one attached hydrogen (secondary N) is 1. The zero-order chi connectivity index (χ0) is 13.2. The predicted octanol–water partition coefficient (Wildman–Crippen LogP) is 2.29. The maximum Gasteiger partial charge on any atom is 0.123 e. The van der Waals surface area contributed by atoms with Gasteiger partial charge < -0.3 is 9.32 Å². The normalized spacial score (nSPS) is 30.6. The monoisotopic (exact) mass is 251 g/mol. The highest BCUT2D eigenvalue weighted by Crippen LogP contribution is 2.43. The maximum atomic E-state index is 5.83. The van der Waals surface area contributed by atoms with Gasteiger partial charge in [0, 0.05) is 5.54 Å². The molecule has 3 N–H and O–H groups in total. The van der Waals surface area contributed by atoms with Crippen molar-refractivity contribution in [2.75, 3.05) is 14.1 Å². The summed E-state index contributed by atoms with van der Waals surface area (Å²) in [5.74, 6) is 7.49. The van der Waals surface area contributed by atoms with Gasteiger partial charge in [-0.1, -0.05) is 19.8 Å². The summed E-state index contributed by atoms with van der Waals surface area (Å²) >= 11 is 0. The molecule has 1 fully saturated rings. The number of hydrogen-bond acceptors (Lipinski definition) is 4. The largest absolute Gasteiger partial charge is 0.468 e. The van der Waals surface area contributed by atoms with Crippen molar-refractivity contribution < 1.29 is 4.42 Å². The quantitative estimate of drug-likeness (QED) is 0.637. The van der Waals surface area contributed by atoms with Gasteiger partial charge in [0.25, 0.3) is 0 Å². The van der Waals surface area contributed by atoms with Crippen LogP contribution in [-0.4, -0.2) is 24.5 Å². The van der Waals surface area contributed by atoms with Crippen LogP contribution in [0.5, 0.6) is 0 Å². The first-order valence-electron chi connectivity index (χ1n) is 6.77. The van der Waals surface area contributed by atoms with Gasteiger partial charge in [-0.05, 0) is 45.0 Å². The summed E-state index contributed by atoms with van der Waals surface area (Å²) in [4.78, 5) is 2.32. The van der Waals surface area contributed by atoms with E-state index < -0.39 is 0 Å². The van der Waals surface area contributed by atoms with Gasteiger partial charge in [0.05, 0.1) is 12.3 Å². The number of nitrogens with zero attached hydrogens (tertiary/aromatic N) is 1. The highest BCUT2D eigenvalue weighted by molar-refractivity contribution is 5.14. The van der Waals surface area contributed by atoms with Gasteiger partial charge in [-0.25, -0.2) is 5.43 Å². The molecule has 3 atom stereocenters. The molecule has 0 radical (unpaired) electrons. The minimum atomic E-state index is 0.0459. The van der Waals surface area contributed by atoms with Crippen LogP contribution in [0.4, 0.5) is 0 Å². The molecule has 0 saturated heterocycles. The molecular weight excluding hydrogens is 226 g/mol. The van der Waals surface area contributed by atoms with Crippen molar-refractivity contribution in [3.8, 4) is 0 Å². The SMILES string of the molecule is CC1CCCC(C(NN)c2ccco2)(N(C)C)C1. The fraction of sp³-hybridized carbons (Fsp3) is 0.714. The zero-order valence-electron chi connectivity index (χ0n) is 11.6. The van der Waals surface area contributed by atoms with Crippen molar-refractivity contribution in [2.24, 2.45) is 11.8 Å². The molecule has 0 amide bonds. The molecule has 4 nitrogen and oxygen atoms in total. The molecule has 1 saturated carbocycles. The summed E-state index contributed by atoms with van der Waals surface area (Å²) in [5.41, 5.74) is 3.03. The Labute approximate surface area is 109 Å². The maximum absolute atomic E-state index is 5.83. The lowest BCUT2D eigenvalue weighted by molar-refractivity contribution is 0.0293. The van der Waals surface area contributed by atoms with Gasteiger partial charge in [-0.2, -0.15) is 0 Å². The Morgan fingerprint density at radius 1 is 1.56 bits per heavy atom. The number of hydrogen-bond donors (Lipinski definition) is 2. The number of nitrogens with two attached hydrogens (primary N) is 1. The van der Waals surface area contributed by atoms with Crippen molar-refractivity contribution in [3.05, 3.63) is 24.2 Å². The standard InChI is InChI=1S/C14H25N3O/c1-11-6-4-8-14(10-11,17(2)3)13(16-15)12-7-5-9-18-12/h5,7,9,11,13,16H,4,6,8,10,15H2,1-3H3. The summed E-state index contributed by atoms with van der Waals surface area (Å²) in [6, 6.07) is 3.98. The molecule has 1 aliphatic rings. The molecule has 1 aromatic heterocycles. The average Bonchev–Trinajstić information content (AvgIpc) is 2.83. The first-order chi connectivity index (χ1) is 8.60. The summed E-state index contributed by atoms with van der Waals surface area (Å²) in [6.07, 6.45) is 6.58. The van der Waals surface area contributed by atoms with E-state index in [1.54, 1.807) is 6.26 Å². The van der Waals surface area contributed by atoms with Gasteiger partial charge in [-0.3, -0.25) is 5.84 Å². The third kappa shape index (κ3) is 2.32. The van der Waals surface area contributed by atoms with Gasteiger partial charge in [0.15, 0.2) is 0 Å². The molecule has 0 bridgehead atoms. The van der Waals surface area contributed by atoms with Crippen LogP contribution in [0.3, 0.4) is 0 Å². The van der Waals surface area contributed by atoms with Crippen LogP contribution in [0, 0.1) is 5.92 Å². The second-order valence-corrected chi connectivity index (χ2v) is 5.81. The molecule has 1 aromatic rings. The smallest absolute Gasteiger partial charge is 0.123 e. The van der Waals surface area contributed by atoms with Crippen molar-refractivity contribution in [2.45, 2.75) is 44.2 Å². The van der Waals surface area contributed by atoms with Crippen molar-refractivity contribution in [1.29, 1.82) is 0 Å². The Balaban J connectivity index is 2.33. The van der Waals surface area contributed by atoms with Crippen LogP contribution < -0.4 is 11.3 Å². The highest BCUT2D eigenvalue weighted by Gasteiger charge is 2.45. The van der Waals surface area contributed by atoms with Crippen LogP contribution >= 0.6 is 0 Å². The van der Waals surface area contributed by atoms with Crippen molar-refractivity contribution >= 4 is 0 Å². The Morgan fingerprint density at radius 2 is 2.33 bits per heavy atom. The molecular formula is C14H25N3O. The van der Waals surface area contributed by atoms with Gasteiger partial charge in [-0.15, -0.1) is 0 Å². The molecule has 102 valence electrons. The fourth-order valence-electron chi connectivity index (χ4n) is 3.45. The van der Waals surface area contributed by atoms with Crippen LogP contribution in [0.2, 0.25) is 0 Å². The predicted molar refractivity (Wildman–Crippen MR) is 72.8 cm³/mol. The summed E-state index contributed by atoms with van der Waals surface area (Å²) < 4.78 is 5.58. The Morgan fingerprint density at radius 3 is 2.83 bits per heavy atom. The van der Waals surface area contributed by atoms with Gasteiger partial charge >= 0.3 is 0 Å². The topological polar surface area (TPSA) is 54.4 Å². The lowest BCUT2D eigenvalue weighted by Crippen LogP contribution is -2.57. The second-order valence-electron chi connectivity index (χ2n) is 5.81. The van der Waals surface area contributed by atoms with E-state index in [9.17, 15) is 0 Å². The summed E-state index contributed by atoms with van der Waals surface area (Å²) in [5, 5.41) is 0. The second kappa shape index (κ2) is 5.43. The molecule has 3 unspecified atom stereocenters. The van der Waals surface area contributed by atoms with E-state index >= 15 is 0 Å². The number of rotatable bonds is 4. The van der Waals surface area contributed by atoms with Crippen LogP contribution in [0.15, 0.2) is 22.8 Å². The van der Waals surface area contributed by atoms with E-state index in [0.29, 0.717) is 0 Å². The van der Waals surface area contributed by atoms with E-state index in [1.165, 1.54) is 12.8 Å². The Kier molecular flexibility index (Phi) is 4.10. The molecule has 1 heterocycles. The summed E-state index contributed by atoms with van der Waals surface area (Å²) in [6.45, 7) is 2.33. The van der Waals surface area contributed by atoms with Crippen LogP contribution in [0.25, 0.3) is 0 Å². The zero-order valence-corrected chi connectivity index (χ0v) is 11.6. The Bertz CT molecular complexity index is 363. The van der Waals surface area contributed by atoms with Gasteiger partial charge in [0.2, 0.25) is 0 Å². The molecule has 0 aliphatic heterocycles. The van der Waals surface area contributed by atoms with E-state index in [1.807, 2.05) is 12.1 Å². The summed E-state index contributed by atoms with van der Waals surface area (Å²) in [7, 11) is 4.29. The first kappa shape index (κ1) is 13.6. The molecule has 18 heavy (non-hydrogen) atoms. The fourth-order valence-corrected chi connectivity index (χ4v) is 3.45. The molecule has 4 heteroatoms. The van der Waals surface area contributed by atoms with Gasteiger partial charge in [0.1, 0.15) is 5.76 Å². The molecule has 1 aliphatic carbocycles. The lowest BCUT2D eigenvalue weighted by atomic mass is 9.71. The van der Waals surface area contributed by atoms with E-state index in [0.717, 1.165) is 24.5 Å². The van der Waals surface area contributed by atoms with E-state index in [4.69, 9.17) is 10.3 Å². The van der Waals surface area contributed by atoms with E-state index in [2.05, 4.69) is 31.3 Å². The Hall–Kier alpha value is -0.840. The van der Waals surface area contributed by atoms with E-state index in [-0.39, 0.29) is 11.6 Å². The van der Waals surface area contributed by atoms with Crippen LogP contribution in [-0.2, 0) is 0 Å². The molecule has 0 aromatic carbocycles. The van der Waals surface area contributed by atoms with Crippen LogP contribution in [0.1, 0.15) is 44.4 Å². The van der Waals surface area contributed by atoms with Crippen molar-refractivity contribution in [1.82, 2.24) is 10.3 Å². The molecule has 0 spiro atoms. The minimum absolute atomic E-state index is 0.0459. The number of furan rings is 1. The molecule has 2 rings (SSSR count). The number of likely N-dealkylation sites (N-methyl/N-ethyl adjacent to an activating group) is 1. The average molecular weight is 251 g/mol. The first-order valence-corrected chi connectivity index (χ1v) is 6.77. The highest BCUT2D eigenvalue weighted by atomic mass is 16.3. The minimum Gasteiger partial charge on any atom is -0.468 e.